The van der Waals surface area contributed by atoms with E-state index in [1.54, 1.807) is 12.3 Å². The minimum atomic E-state index is -0.425. The van der Waals surface area contributed by atoms with E-state index >= 15 is 0 Å². The van der Waals surface area contributed by atoms with Crippen LogP contribution in [0.4, 0.5) is 4.39 Å². The molecule has 0 N–H and O–H groups in total. The average Bonchev–Trinajstić information content (AvgIpc) is 2.96. The van der Waals surface area contributed by atoms with Crippen molar-refractivity contribution < 1.29 is 4.39 Å². The van der Waals surface area contributed by atoms with Gasteiger partial charge < -0.3 is 0 Å². The topological polar surface area (TPSA) is 38.7 Å². The van der Waals surface area contributed by atoms with Crippen LogP contribution in [0.2, 0.25) is 0 Å². The fourth-order valence-electron chi connectivity index (χ4n) is 5.58. The lowest BCUT2D eigenvalue weighted by molar-refractivity contribution is 0.463. The summed E-state index contributed by atoms with van der Waals surface area (Å²) in [5.41, 5.74) is 9.76. The summed E-state index contributed by atoms with van der Waals surface area (Å²) < 4.78 is 14.5. The third kappa shape index (κ3) is 6.74. The molecule has 0 atom stereocenters. The van der Waals surface area contributed by atoms with Gasteiger partial charge in [0.15, 0.2) is 0 Å². The Morgan fingerprint density at radius 1 is 0.581 bits per heavy atom. The maximum Gasteiger partial charge on any atom is 0.145 e. The van der Waals surface area contributed by atoms with E-state index in [0.717, 1.165) is 50.5 Å². The fourth-order valence-corrected chi connectivity index (χ4v) is 5.58. The highest BCUT2D eigenvalue weighted by Gasteiger charge is 2.27. The summed E-state index contributed by atoms with van der Waals surface area (Å²) in [6.07, 6.45) is 4.25. The Kier molecular flexibility index (Phi) is 8.09. The molecule has 3 nitrogen and oxygen atoms in total. The molecule has 3 aromatic heterocycles. The predicted molar refractivity (Wildman–Crippen MR) is 177 cm³/mol. The molecule has 0 amide bonds. The Morgan fingerprint density at radius 2 is 1.28 bits per heavy atom. The molecule has 3 heterocycles. The lowest BCUT2D eigenvalue weighted by Crippen LogP contribution is -2.23. The van der Waals surface area contributed by atoms with Gasteiger partial charge in [0.2, 0.25) is 0 Å². The second-order valence-corrected chi connectivity index (χ2v) is 14.2. The zero-order chi connectivity index (χ0) is 31.0. The monoisotopic (exact) mass is 571 g/mol. The van der Waals surface area contributed by atoms with Crippen molar-refractivity contribution in [1.82, 2.24) is 15.0 Å². The van der Waals surface area contributed by atoms with E-state index in [1.807, 2.05) is 20.0 Å². The molecule has 5 rings (SSSR count). The lowest BCUT2D eigenvalue weighted by atomic mass is 9.81. The molecule has 220 valence electrons. The summed E-state index contributed by atoms with van der Waals surface area (Å²) in [6.45, 7) is 17.3. The highest BCUT2D eigenvalue weighted by atomic mass is 19.1. The van der Waals surface area contributed by atoms with Crippen LogP contribution in [0.15, 0.2) is 97.3 Å². The quantitative estimate of drug-likeness (QED) is 0.204. The Balaban J connectivity index is 1.46. The number of rotatable bonds is 6. The van der Waals surface area contributed by atoms with Crippen molar-refractivity contribution in [2.75, 3.05) is 0 Å². The minimum Gasteiger partial charge on any atom is -0.261 e. The molecule has 0 aliphatic heterocycles. The largest absolute Gasteiger partial charge is 0.261 e. The highest BCUT2D eigenvalue weighted by Crippen LogP contribution is 2.36. The molecule has 0 unspecified atom stereocenters. The summed E-state index contributed by atoms with van der Waals surface area (Å²) in [6, 6.07) is 28.9. The standard InChI is InChI=1S/C39H42FN3/c1-37(2,3)34-24-29(20-22-41-34)28-11-9-12-30(23-28)33-19-18-31(35(43-33)38(4,5)6)27-16-14-26(15-17-27)25-39(7,8)36-32(40)13-10-21-42-36/h9-24H,25H2,1-8H3. The summed E-state index contributed by atoms with van der Waals surface area (Å²) in [5.74, 6) is -0.258. The molecule has 4 heteroatoms. The first-order valence-electron chi connectivity index (χ1n) is 15.0. The van der Waals surface area contributed by atoms with Crippen LogP contribution in [0.5, 0.6) is 0 Å². The van der Waals surface area contributed by atoms with Gasteiger partial charge in [-0.2, -0.15) is 0 Å². The number of aromatic nitrogens is 3. The van der Waals surface area contributed by atoms with Crippen LogP contribution in [0.1, 0.15) is 78.0 Å². The van der Waals surface area contributed by atoms with Crippen molar-refractivity contribution in [3.63, 3.8) is 0 Å². The maximum atomic E-state index is 14.5. The van der Waals surface area contributed by atoms with Gasteiger partial charge in [-0.05, 0) is 65.1 Å². The molecule has 0 radical (unpaired) electrons. The highest BCUT2D eigenvalue weighted by molar-refractivity contribution is 5.74. The molecule has 0 spiro atoms. The van der Waals surface area contributed by atoms with E-state index in [1.165, 1.54) is 6.07 Å². The number of nitrogens with zero attached hydrogens (tertiary/aromatic N) is 3. The Morgan fingerprint density at radius 3 is 1.95 bits per heavy atom. The van der Waals surface area contributed by atoms with E-state index in [4.69, 9.17) is 4.98 Å². The predicted octanol–water partition coefficient (Wildman–Crippen LogP) is 10.1. The van der Waals surface area contributed by atoms with E-state index in [0.29, 0.717) is 12.1 Å². The molecule has 5 aromatic rings. The smallest absolute Gasteiger partial charge is 0.145 e. The van der Waals surface area contributed by atoms with Crippen LogP contribution < -0.4 is 0 Å². The molecular weight excluding hydrogens is 529 g/mol. The van der Waals surface area contributed by atoms with Gasteiger partial charge in [0.25, 0.3) is 0 Å². The van der Waals surface area contributed by atoms with Gasteiger partial charge in [0, 0.05) is 45.5 Å². The fraction of sp³-hybridized carbons (Fsp3) is 0.308. The summed E-state index contributed by atoms with van der Waals surface area (Å²) >= 11 is 0. The molecule has 0 fully saturated rings. The van der Waals surface area contributed by atoms with Gasteiger partial charge >= 0.3 is 0 Å². The number of pyridine rings is 3. The van der Waals surface area contributed by atoms with Crippen molar-refractivity contribution in [2.24, 2.45) is 0 Å². The SMILES string of the molecule is CC(C)(C)c1cc(-c2cccc(-c3ccc(-c4ccc(CC(C)(C)c5ncccc5F)cc4)c(C(C)(C)C)n3)c2)ccn1. The second kappa shape index (κ2) is 11.5. The van der Waals surface area contributed by atoms with Gasteiger partial charge in [0.05, 0.1) is 17.1 Å². The first kappa shape index (κ1) is 30.3. The molecule has 0 saturated carbocycles. The molecular formula is C39H42FN3. The maximum absolute atomic E-state index is 14.5. The van der Waals surface area contributed by atoms with Gasteiger partial charge in [-0.15, -0.1) is 0 Å². The van der Waals surface area contributed by atoms with Crippen molar-refractivity contribution in [3.8, 4) is 33.5 Å². The average molecular weight is 572 g/mol. The number of hydrogen-bond donors (Lipinski definition) is 0. The molecule has 0 bridgehead atoms. The van der Waals surface area contributed by atoms with E-state index in [-0.39, 0.29) is 16.6 Å². The molecule has 2 aromatic carbocycles. The van der Waals surface area contributed by atoms with E-state index < -0.39 is 5.41 Å². The van der Waals surface area contributed by atoms with E-state index in [2.05, 4.69) is 124 Å². The third-order valence-electron chi connectivity index (χ3n) is 7.94. The van der Waals surface area contributed by atoms with Gasteiger partial charge in [0.1, 0.15) is 5.82 Å². The summed E-state index contributed by atoms with van der Waals surface area (Å²) in [5, 5.41) is 0. The molecule has 0 aliphatic carbocycles. The van der Waals surface area contributed by atoms with Crippen LogP contribution in [0, 0.1) is 5.82 Å². The number of halogens is 1. The third-order valence-corrected chi connectivity index (χ3v) is 7.94. The van der Waals surface area contributed by atoms with E-state index in [9.17, 15) is 4.39 Å². The number of benzene rings is 2. The van der Waals surface area contributed by atoms with Gasteiger partial charge in [-0.3, -0.25) is 15.0 Å². The Bertz CT molecular complexity index is 1740. The summed E-state index contributed by atoms with van der Waals surface area (Å²) in [7, 11) is 0. The molecule has 0 aliphatic rings. The van der Waals surface area contributed by atoms with Crippen molar-refractivity contribution in [3.05, 3.63) is 126 Å². The van der Waals surface area contributed by atoms with Crippen LogP contribution in [0.3, 0.4) is 0 Å². The minimum absolute atomic E-state index is 0.0158. The first-order valence-corrected chi connectivity index (χ1v) is 15.0. The van der Waals surface area contributed by atoms with Crippen LogP contribution in [0.25, 0.3) is 33.5 Å². The molecule has 0 saturated heterocycles. The van der Waals surface area contributed by atoms with Crippen molar-refractivity contribution in [2.45, 2.75) is 78.1 Å². The Hall–Kier alpha value is -4.18. The van der Waals surface area contributed by atoms with Crippen molar-refractivity contribution in [1.29, 1.82) is 0 Å². The van der Waals surface area contributed by atoms with Crippen LogP contribution >= 0.6 is 0 Å². The first-order chi connectivity index (χ1) is 20.2. The summed E-state index contributed by atoms with van der Waals surface area (Å²) in [4.78, 5) is 14.2. The van der Waals surface area contributed by atoms with Crippen LogP contribution in [-0.2, 0) is 22.7 Å². The normalized spacial score (nSPS) is 12.4. The van der Waals surface area contributed by atoms with Crippen LogP contribution in [-0.4, -0.2) is 15.0 Å². The lowest BCUT2D eigenvalue weighted by Gasteiger charge is -2.25. The molecule has 43 heavy (non-hydrogen) atoms. The van der Waals surface area contributed by atoms with Gasteiger partial charge in [-0.25, -0.2) is 4.39 Å². The number of hydrogen-bond acceptors (Lipinski definition) is 3. The zero-order valence-corrected chi connectivity index (χ0v) is 26.7. The van der Waals surface area contributed by atoms with Gasteiger partial charge in [-0.1, -0.05) is 104 Å². The second-order valence-electron chi connectivity index (χ2n) is 14.2. The Labute approximate surface area is 256 Å². The van der Waals surface area contributed by atoms with Crippen molar-refractivity contribution >= 4 is 0 Å². The zero-order valence-electron chi connectivity index (χ0n) is 26.7.